The molecule has 0 radical (unpaired) electrons. The molecule has 0 bridgehead atoms. The second-order valence-corrected chi connectivity index (χ2v) is 10.4. The highest BCUT2D eigenvalue weighted by atomic mass is 32.2. The fourth-order valence-corrected chi connectivity index (χ4v) is 4.57. The molecule has 34 heavy (non-hydrogen) atoms. The van der Waals surface area contributed by atoms with Gasteiger partial charge in [0.25, 0.3) is 10.0 Å². The summed E-state index contributed by atoms with van der Waals surface area (Å²) in [5.74, 6) is 0. The van der Waals surface area contributed by atoms with Crippen molar-refractivity contribution in [2.24, 2.45) is 10.3 Å². The number of aryl methyl sites for hydroxylation is 1. The Balaban J connectivity index is 1.97. The number of nitrogens with zero attached hydrogens (tertiary/aromatic N) is 2. The van der Waals surface area contributed by atoms with Crippen LogP contribution >= 0.6 is 0 Å². The topological polar surface area (TPSA) is 91.1 Å². The molecule has 2 rings (SSSR count). The van der Waals surface area contributed by atoms with E-state index in [9.17, 15) is 13.6 Å². The van der Waals surface area contributed by atoms with Crippen molar-refractivity contribution >= 4 is 21.4 Å². The van der Waals surface area contributed by atoms with Gasteiger partial charge < -0.3 is 5.21 Å². The Bertz CT molecular complexity index is 1000. The van der Waals surface area contributed by atoms with E-state index in [0.717, 1.165) is 24.8 Å². The van der Waals surface area contributed by atoms with Crippen LogP contribution in [0.3, 0.4) is 0 Å². The highest BCUT2D eigenvalue weighted by Gasteiger charge is 2.17. The van der Waals surface area contributed by atoms with E-state index in [-0.39, 0.29) is 4.90 Å². The van der Waals surface area contributed by atoms with Crippen LogP contribution in [0.1, 0.15) is 88.7 Å². The Hall–Kier alpha value is -2.67. The van der Waals surface area contributed by atoms with Gasteiger partial charge in [-0.2, -0.15) is 18.4 Å². The number of rotatable bonds is 16. The Morgan fingerprint density at radius 2 is 1.38 bits per heavy atom. The number of nitrogens with one attached hydrogen (secondary N) is 1. The summed E-state index contributed by atoms with van der Waals surface area (Å²) in [4.78, 5) is 2.45. The lowest BCUT2D eigenvalue weighted by Gasteiger charge is -2.11. The first-order valence-electron chi connectivity index (χ1n) is 12.4. The van der Waals surface area contributed by atoms with Gasteiger partial charge >= 0.3 is 0 Å². The zero-order valence-corrected chi connectivity index (χ0v) is 21.4. The van der Waals surface area contributed by atoms with Gasteiger partial charge in [0.1, 0.15) is 11.4 Å². The molecule has 0 saturated heterocycles. The van der Waals surface area contributed by atoms with Gasteiger partial charge in [-0.1, -0.05) is 118 Å². The Morgan fingerprint density at radius 1 is 0.824 bits per heavy atom. The van der Waals surface area contributed by atoms with E-state index >= 15 is 0 Å². The smallest absolute Gasteiger partial charge is 0.276 e. The highest BCUT2D eigenvalue weighted by Crippen LogP contribution is 2.14. The summed E-state index contributed by atoms with van der Waals surface area (Å²) in [6, 6.07) is 15.8. The Kier molecular flexibility index (Phi) is 12.4. The van der Waals surface area contributed by atoms with Crippen LogP contribution in [0.25, 0.3) is 0 Å². The van der Waals surface area contributed by atoms with Crippen LogP contribution in [0.5, 0.6) is 0 Å². The third-order valence-electron chi connectivity index (χ3n) is 5.82. The summed E-state index contributed by atoms with van der Waals surface area (Å²) in [7, 11) is -3.84. The number of hydrazone groups is 1. The number of oxime groups is 1. The molecule has 0 unspecified atom stereocenters. The molecule has 0 atom stereocenters. The Morgan fingerprint density at radius 3 is 1.94 bits per heavy atom. The summed E-state index contributed by atoms with van der Waals surface area (Å²) in [6.07, 6.45) is 12.6. The molecule has 2 aromatic carbocycles. The molecule has 0 aliphatic carbocycles. The molecule has 186 valence electrons. The van der Waals surface area contributed by atoms with E-state index in [1.807, 2.05) is 37.3 Å². The number of unbranched alkanes of at least 4 members (excludes halogenated alkanes) is 9. The molecule has 0 fully saturated rings. The average molecular weight is 486 g/mol. The lowest BCUT2D eigenvalue weighted by Crippen LogP contribution is -2.24. The van der Waals surface area contributed by atoms with Crippen molar-refractivity contribution in [1.29, 1.82) is 0 Å². The monoisotopic (exact) mass is 485 g/mol. The minimum atomic E-state index is -3.84. The van der Waals surface area contributed by atoms with Crippen molar-refractivity contribution in [3.8, 4) is 0 Å². The minimum Gasteiger partial charge on any atom is -0.411 e. The largest absolute Gasteiger partial charge is 0.411 e. The number of sulfonamides is 1. The van der Waals surface area contributed by atoms with E-state index in [4.69, 9.17) is 0 Å². The summed E-state index contributed by atoms with van der Waals surface area (Å²) in [6.45, 7) is 4.13. The molecule has 0 saturated carbocycles. The van der Waals surface area contributed by atoms with E-state index in [0.29, 0.717) is 23.4 Å². The highest BCUT2D eigenvalue weighted by molar-refractivity contribution is 7.89. The van der Waals surface area contributed by atoms with E-state index in [2.05, 4.69) is 22.0 Å². The van der Waals surface area contributed by atoms with E-state index in [1.165, 1.54) is 44.9 Å². The molecule has 2 N–H and O–H groups in total. The predicted molar refractivity (Wildman–Crippen MR) is 140 cm³/mol. The average Bonchev–Trinajstić information content (AvgIpc) is 2.84. The fraction of sp³-hybridized carbons (Fsp3) is 0.481. The van der Waals surface area contributed by atoms with Gasteiger partial charge in [0.05, 0.1) is 4.90 Å². The molecule has 0 aromatic heterocycles. The molecular weight excluding hydrogens is 446 g/mol. The summed E-state index contributed by atoms with van der Waals surface area (Å²) >= 11 is 0. The van der Waals surface area contributed by atoms with Crippen molar-refractivity contribution in [1.82, 2.24) is 4.83 Å². The lowest BCUT2D eigenvalue weighted by molar-refractivity contribution is 0.318. The van der Waals surface area contributed by atoms with Crippen molar-refractivity contribution in [3.05, 3.63) is 65.7 Å². The number of hydrogen-bond acceptors (Lipinski definition) is 5. The van der Waals surface area contributed by atoms with Crippen LogP contribution in [0, 0.1) is 6.92 Å². The van der Waals surface area contributed by atoms with E-state index < -0.39 is 10.0 Å². The molecular formula is C27H39N3O3S. The summed E-state index contributed by atoms with van der Waals surface area (Å²) in [5.41, 5.74) is 2.36. The molecule has 2 aromatic rings. The van der Waals surface area contributed by atoms with Gasteiger partial charge in [0.15, 0.2) is 0 Å². The van der Waals surface area contributed by atoms with Gasteiger partial charge in [-0.3, -0.25) is 0 Å². The van der Waals surface area contributed by atoms with Gasteiger partial charge in [-0.25, -0.2) is 0 Å². The Labute approximate surface area is 205 Å². The van der Waals surface area contributed by atoms with Crippen molar-refractivity contribution in [2.75, 3.05) is 0 Å². The predicted octanol–water partition coefficient (Wildman–Crippen LogP) is 6.82. The quantitative estimate of drug-likeness (QED) is 0.118. The summed E-state index contributed by atoms with van der Waals surface area (Å²) < 4.78 is 25.4. The second kappa shape index (κ2) is 15.3. The maximum atomic E-state index is 12.7. The van der Waals surface area contributed by atoms with Crippen LogP contribution in [0.15, 0.2) is 69.7 Å². The normalized spacial score (nSPS) is 12.6. The molecule has 6 nitrogen and oxygen atoms in total. The van der Waals surface area contributed by atoms with Crippen LogP contribution in [0.2, 0.25) is 0 Å². The van der Waals surface area contributed by atoms with Crippen molar-refractivity contribution in [2.45, 2.75) is 89.4 Å². The molecule has 0 aliphatic rings. The van der Waals surface area contributed by atoms with Gasteiger partial charge in [-0.05, 0) is 31.9 Å². The van der Waals surface area contributed by atoms with Crippen LogP contribution in [0.4, 0.5) is 0 Å². The third-order valence-corrected chi connectivity index (χ3v) is 7.04. The fourth-order valence-electron chi connectivity index (χ4n) is 3.76. The standard InChI is InChI=1S/C27H39N3O3S/c1-3-4-5-6-7-8-9-10-11-15-18-26(29-31)27(24-16-13-12-14-17-24)28-30-34(32,33)25-21-19-23(2)20-22-25/h12-14,16-17,19-22,30-31H,3-11,15,18H2,1-2H3/b28-27-,29-26+. The zero-order chi connectivity index (χ0) is 24.7. The lowest BCUT2D eigenvalue weighted by atomic mass is 10.00. The second-order valence-electron chi connectivity index (χ2n) is 8.71. The maximum absolute atomic E-state index is 12.7. The number of hydrogen-bond donors (Lipinski definition) is 2. The zero-order valence-electron chi connectivity index (χ0n) is 20.5. The van der Waals surface area contributed by atoms with Crippen molar-refractivity contribution < 1.29 is 13.6 Å². The molecule has 0 amide bonds. The van der Waals surface area contributed by atoms with Gasteiger partial charge in [0, 0.05) is 5.56 Å². The van der Waals surface area contributed by atoms with Crippen molar-refractivity contribution in [3.63, 3.8) is 0 Å². The third kappa shape index (κ3) is 9.67. The molecule has 7 heteroatoms. The molecule has 0 heterocycles. The first-order valence-corrected chi connectivity index (χ1v) is 13.9. The van der Waals surface area contributed by atoms with Gasteiger partial charge in [-0.15, -0.1) is 0 Å². The first kappa shape index (κ1) is 27.6. The van der Waals surface area contributed by atoms with Gasteiger partial charge in [0.2, 0.25) is 0 Å². The van der Waals surface area contributed by atoms with Crippen LogP contribution in [-0.4, -0.2) is 25.0 Å². The molecule has 0 aliphatic heterocycles. The first-order chi connectivity index (χ1) is 16.5. The molecule has 0 spiro atoms. The number of benzene rings is 2. The maximum Gasteiger partial charge on any atom is 0.276 e. The summed E-state index contributed by atoms with van der Waals surface area (Å²) in [5, 5.41) is 17.4. The minimum absolute atomic E-state index is 0.131. The SMILES string of the molecule is CCCCCCCCCCCCC(=N\O)/C(=N\NS(=O)(=O)c1ccc(C)cc1)c1ccccc1. The van der Waals surface area contributed by atoms with E-state index in [1.54, 1.807) is 24.3 Å². The van der Waals surface area contributed by atoms with Crippen LogP contribution < -0.4 is 4.83 Å². The van der Waals surface area contributed by atoms with Crippen LogP contribution in [-0.2, 0) is 10.0 Å².